The first-order chi connectivity index (χ1) is 9.74. The Morgan fingerprint density at radius 2 is 2.25 bits per heavy atom. The second kappa shape index (κ2) is 5.54. The predicted octanol–water partition coefficient (Wildman–Crippen LogP) is 3.36. The molecule has 2 N–H and O–H groups in total. The van der Waals surface area contributed by atoms with Crippen molar-refractivity contribution in [1.29, 1.82) is 0 Å². The molecule has 1 atom stereocenters. The number of rotatable bonds is 5. The minimum Gasteiger partial charge on any atom is -0.390 e. The third kappa shape index (κ3) is 2.23. The summed E-state index contributed by atoms with van der Waals surface area (Å²) >= 11 is 1.65. The van der Waals surface area contributed by atoms with Gasteiger partial charge in [0.05, 0.1) is 10.6 Å². The van der Waals surface area contributed by atoms with Gasteiger partial charge >= 0.3 is 0 Å². The lowest BCUT2D eigenvalue weighted by atomic mass is 10.1. The van der Waals surface area contributed by atoms with E-state index in [1.165, 1.54) is 16.9 Å². The van der Waals surface area contributed by atoms with Gasteiger partial charge in [-0.3, -0.25) is 0 Å². The zero-order chi connectivity index (χ0) is 14.1. The fourth-order valence-corrected chi connectivity index (χ4v) is 3.86. The van der Waals surface area contributed by atoms with Crippen LogP contribution in [0.25, 0.3) is 11.5 Å². The van der Waals surface area contributed by atoms with E-state index in [2.05, 4.69) is 10.1 Å². The molecule has 5 nitrogen and oxygen atoms in total. The molecule has 0 bridgehead atoms. The van der Waals surface area contributed by atoms with E-state index in [4.69, 9.17) is 15.0 Å². The third-order valence-corrected chi connectivity index (χ3v) is 4.75. The van der Waals surface area contributed by atoms with E-state index in [1.54, 1.807) is 11.3 Å². The highest BCUT2D eigenvalue weighted by molar-refractivity contribution is 7.16. The first-order valence-corrected chi connectivity index (χ1v) is 7.91. The Hall–Kier alpha value is -1.40. The van der Waals surface area contributed by atoms with Gasteiger partial charge in [-0.2, -0.15) is 4.98 Å². The highest BCUT2D eigenvalue weighted by Gasteiger charge is 2.26. The highest BCUT2D eigenvalue weighted by Crippen LogP contribution is 2.42. The zero-order valence-corrected chi connectivity index (χ0v) is 12.6. The molecule has 1 aliphatic rings. The van der Waals surface area contributed by atoms with E-state index in [0.29, 0.717) is 18.3 Å². The van der Waals surface area contributed by atoms with Crippen molar-refractivity contribution < 1.29 is 9.26 Å². The molecule has 108 valence electrons. The quantitative estimate of drug-likeness (QED) is 0.915. The second-order valence-electron chi connectivity index (χ2n) is 4.91. The van der Waals surface area contributed by atoms with E-state index in [1.807, 2.05) is 13.8 Å². The molecule has 0 amide bonds. The van der Waals surface area contributed by atoms with Crippen LogP contribution in [0.3, 0.4) is 0 Å². The van der Waals surface area contributed by atoms with Crippen molar-refractivity contribution in [2.24, 2.45) is 0 Å². The number of aryl methyl sites for hydroxylation is 1. The number of thiophene rings is 1. The number of nitrogen functional groups attached to an aromatic ring is 1. The molecule has 0 saturated heterocycles. The summed E-state index contributed by atoms with van der Waals surface area (Å²) in [5, 5.41) is 4.85. The molecule has 0 saturated carbocycles. The Bertz CT molecular complexity index is 606. The summed E-state index contributed by atoms with van der Waals surface area (Å²) in [6.07, 6.45) is 4.07. The van der Waals surface area contributed by atoms with Gasteiger partial charge in [0, 0.05) is 11.5 Å². The fourth-order valence-electron chi connectivity index (χ4n) is 2.70. The molecule has 1 aliphatic carbocycles. The minimum atomic E-state index is -0.106. The summed E-state index contributed by atoms with van der Waals surface area (Å²) in [4.78, 5) is 5.87. The minimum absolute atomic E-state index is 0.106. The number of nitrogens with two attached hydrogens (primary N) is 1. The Balaban J connectivity index is 1.94. The summed E-state index contributed by atoms with van der Waals surface area (Å²) in [5.74, 6) is 1.15. The summed E-state index contributed by atoms with van der Waals surface area (Å²) in [5.41, 5.74) is 8.37. The van der Waals surface area contributed by atoms with E-state index < -0.39 is 0 Å². The number of anilines is 1. The number of hydrogen-bond acceptors (Lipinski definition) is 6. The number of ether oxygens (including phenoxy) is 1. The van der Waals surface area contributed by atoms with Crippen LogP contribution in [0.1, 0.15) is 49.1 Å². The largest absolute Gasteiger partial charge is 0.390 e. The summed E-state index contributed by atoms with van der Waals surface area (Å²) in [6, 6.07) is 0. The van der Waals surface area contributed by atoms with Gasteiger partial charge in [0.1, 0.15) is 6.10 Å². The van der Waals surface area contributed by atoms with Gasteiger partial charge in [-0.1, -0.05) is 12.1 Å². The molecule has 1 unspecified atom stereocenters. The fraction of sp³-hybridized carbons (Fsp3) is 0.571. The molecular formula is C14H19N3O2S. The van der Waals surface area contributed by atoms with Crippen LogP contribution < -0.4 is 5.73 Å². The van der Waals surface area contributed by atoms with Crippen molar-refractivity contribution in [1.82, 2.24) is 10.1 Å². The van der Waals surface area contributed by atoms with Crippen LogP contribution in [0.4, 0.5) is 5.00 Å². The van der Waals surface area contributed by atoms with Gasteiger partial charge in [0.25, 0.3) is 5.89 Å². The lowest BCUT2D eigenvalue weighted by molar-refractivity contribution is 0.0518. The Labute approximate surface area is 122 Å². The second-order valence-corrected chi connectivity index (χ2v) is 6.04. The van der Waals surface area contributed by atoms with Crippen LogP contribution >= 0.6 is 11.3 Å². The Morgan fingerprint density at radius 1 is 1.40 bits per heavy atom. The lowest BCUT2D eigenvalue weighted by Crippen LogP contribution is -2.04. The van der Waals surface area contributed by atoms with Gasteiger partial charge < -0.3 is 15.0 Å². The average Bonchev–Trinajstić information content (AvgIpc) is 3.11. The SMILES string of the molecule is CCOC(CC)c1noc(-c2c(N)sc3c2CCC3)n1. The summed E-state index contributed by atoms with van der Waals surface area (Å²) in [7, 11) is 0. The first kappa shape index (κ1) is 13.6. The molecule has 6 heteroatoms. The maximum Gasteiger partial charge on any atom is 0.261 e. The van der Waals surface area contributed by atoms with Gasteiger partial charge in [0.2, 0.25) is 5.82 Å². The van der Waals surface area contributed by atoms with Gasteiger partial charge in [-0.15, -0.1) is 11.3 Å². The summed E-state index contributed by atoms with van der Waals surface area (Å²) in [6.45, 7) is 4.65. The number of fused-ring (bicyclic) bond motifs is 1. The molecule has 2 heterocycles. The van der Waals surface area contributed by atoms with Gasteiger partial charge in [0.15, 0.2) is 0 Å². The maximum absolute atomic E-state index is 6.12. The van der Waals surface area contributed by atoms with Crippen molar-refractivity contribution in [2.45, 2.75) is 45.6 Å². The number of aromatic nitrogens is 2. The third-order valence-electron chi connectivity index (χ3n) is 3.63. The lowest BCUT2D eigenvalue weighted by Gasteiger charge is -2.09. The smallest absolute Gasteiger partial charge is 0.261 e. The molecule has 2 aromatic heterocycles. The molecule has 0 fully saturated rings. The molecule has 0 aromatic carbocycles. The first-order valence-electron chi connectivity index (χ1n) is 7.10. The molecule has 3 rings (SSSR count). The van der Waals surface area contributed by atoms with Crippen LogP contribution in [0, 0.1) is 0 Å². The van der Waals surface area contributed by atoms with E-state index >= 15 is 0 Å². The van der Waals surface area contributed by atoms with Crippen molar-refractivity contribution in [3.05, 3.63) is 16.3 Å². The van der Waals surface area contributed by atoms with Gasteiger partial charge in [-0.25, -0.2) is 0 Å². The molecule has 0 radical (unpaired) electrons. The standard InChI is InChI=1S/C14H19N3O2S/c1-3-9(18-4-2)13-16-14(19-17-13)11-8-6-5-7-10(8)20-12(11)15/h9H,3-7,15H2,1-2H3. The number of hydrogen-bond donors (Lipinski definition) is 1. The van der Waals surface area contributed by atoms with Crippen LogP contribution in [0.15, 0.2) is 4.52 Å². The molecule has 0 spiro atoms. The Kier molecular flexibility index (Phi) is 3.76. The molecule has 20 heavy (non-hydrogen) atoms. The predicted molar refractivity (Wildman–Crippen MR) is 78.7 cm³/mol. The van der Waals surface area contributed by atoms with E-state index in [0.717, 1.165) is 29.8 Å². The van der Waals surface area contributed by atoms with Crippen LogP contribution in [-0.4, -0.2) is 16.7 Å². The van der Waals surface area contributed by atoms with E-state index in [9.17, 15) is 0 Å². The maximum atomic E-state index is 6.12. The van der Waals surface area contributed by atoms with Crippen molar-refractivity contribution >= 4 is 16.3 Å². The zero-order valence-electron chi connectivity index (χ0n) is 11.8. The molecule has 0 aliphatic heterocycles. The topological polar surface area (TPSA) is 74.2 Å². The van der Waals surface area contributed by atoms with Crippen molar-refractivity contribution in [2.75, 3.05) is 12.3 Å². The average molecular weight is 293 g/mol. The normalized spacial score (nSPS) is 15.5. The monoisotopic (exact) mass is 293 g/mol. The highest BCUT2D eigenvalue weighted by atomic mass is 32.1. The molecule has 2 aromatic rings. The van der Waals surface area contributed by atoms with Gasteiger partial charge in [-0.05, 0) is 38.2 Å². The van der Waals surface area contributed by atoms with Crippen LogP contribution in [0.2, 0.25) is 0 Å². The van der Waals surface area contributed by atoms with Crippen molar-refractivity contribution in [3.63, 3.8) is 0 Å². The van der Waals surface area contributed by atoms with Crippen LogP contribution in [0.5, 0.6) is 0 Å². The van der Waals surface area contributed by atoms with Crippen LogP contribution in [-0.2, 0) is 17.6 Å². The van der Waals surface area contributed by atoms with Crippen molar-refractivity contribution in [3.8, 4) is 11.5 Å². The summed E-state index contributed by atoms with van der Waals surface area (Å²) < 4.78 is 11.0. The van der Waals surface area contributed by atoms with E-state index in [-0.39, 0.29) is 6.10 Å². The number of nitrogens with zero attached hydrogens (tertiary/aromatic N) is 2. The molecular weight excluding hydrogens is 274 g/mol. The Morgan fingerprint density at radius 3 is 3.00 bits per heavy atom.